The lowest BCUT2D eigenvalue weighted by molar-refractivity contribution is 0.259. The van der Waals surface area contributed by atoms with E-state index in [-0.39, 0.29) is 24.0 Å². The van der Waals surface area contributed by atoms with Gasteiger partial charge in [0.2, 0.25) is 0 Å². The summed E-state index contributed by atoms with van der Waals surface area (Å²) in [7, 11) is 5.92. The zero-order valence-electron chi connectivity index (χ0n) is 17.1. The second-order valence-electron chi connectivity index (χ2n) is 7.40. The molecule has 152 valence electrons. The topological polar surface area (TPSA) is 43.8 Å². The molecule has 0 amide bonds. The number of pyridine rings is 1. The van der Waals surface area contributed by atoms with E-state index in [1.54, 1.807) is 0 Å². The summed E-state index contributed by atoms with van der Waals surface area (Å²) < 4.78 is 0. The van der Waals surface area contributed by atoms with Gasteiger partial charge in [0.05, 0.1) is 0 Å². The molecule has 1 aromatic heterocycles. The first kappa shape index (κ1) is 22.5. The second kappa shape index (κ2) is 11.2. The minimum absolute atomic E-state index is 0. The number of aromatic nitrogens is 1. The van der Waals surface area contributed by atoms with Gasteiger partial charge in [0.15, 0.2) is 5.96 Å². The summed E-state index contributed by atoms with van der Waals surface area (Å²) >= 11 is 0. The maximum absolute atomic E-state index is 4.51. The molecule has 1 aliphatic rings. The van der Waals surface area contributed by atoms with Gasteiger partial charge < -0.3 is 15.1 Å². The lowest BCUT2D eigenvalue weighted by atomic mass is 9.90. The summed E-state index contributed by atoms with van der Waals surface area (Å²) in [6.45, 7) is 2.85. The van der Waals surface area contributed by atoms with E-state index in [0.717, 1.165) is 37.3 Å². The summed E-state index contributed by atoms with van der Waals surface area (Å²) in [5.74, 6) is 2.75. The molecule has 0 atom stereocenters. The molecule has 5 nitrogen and oxygen atoms in total. The lowest BCUT2D eigenvalue weighted by Gasteiger charge is -2.34. The highest BCUT2D eigenvalue weighted by atomic mass is 127. The standard InChI is InChI=1S/C22H31N5.HI/c1-23-22(25-17-20-10-7-13-24-21(20)26(2)3)27-14-11-19(12-15-27)16-18-8-5-4-6-9-18;/h4-10,13,19H,11-12,14-17H2,1-3H3,(H,23,25);1H. The molecular weight excluding hydrogens is 461 g/mol. The third kappa shape index (κ3) is 6.09. The van der Waals surface area contributed by atoms with E-state index in [2.05, 4.69) is 61.5 Å². The van der Waals surface area contributed by atoms with Gasteiger partial charge in [0, 0.05) is 52.5 Å². The quantitative estimate of drug-likeness (QED) is 0.391. The summed E-state index contributed by atoms with van der Waals surface area (Å²) in [5, 5.41) is 3.52. The van der Waals surface area contributed by atoms with Gasteiger partial charge in [-0.2, -0.15) is 0 Å². The number of nitrogens with one attached hydrogen (secondary N) is 1. The summed E-state index contributed by atoms with van der Waals surface area (Å²) in [5.41, 5.74) is 2.63. The van der Waals surface area contributed by atoms with Crippen molar-refractivity contribution in [2.24, 2.45) is 10.9 Å². The molecule has 1 aromatic carbocycles. The predicted molar refractivity (Wildman–Crippen MR) is 129 cm³/mol. The van der Waals surface area contributed by atoms with Crippen LogP contribution in [0.5, 0.6) is 0 Å². The maximum atomic E-state index is 4.51. The van der Waals surface area contributed by atoms with Crippen LogP contribution in [0.3, 0.4) is 0 Å². The molecule has 2 heterocycles. The second-order valence-corrected chi connectivity index (χ2v) is 7.40. The molecule has 28 heavy (non-hydrogen) atoms. The Morgan fingerprint density at radius 2 is 1.86 bits per heavy atom. The van der Waals surface area contributed by atoms with Crippen LogP contribution in [-0.4, -0.2) is 50.1 Å². The molecule has 0 spiro atoms. The fraction of sp³-hybridized carbons (Fsp3) is 0.455. The number of nitrogens with zero attached hydrogens (tertiary/aromatic N) is 4. The number of likely N-dealkylation sites (tertiary alicyclic amines) is 1. The molecule has 1 saturated heterocycles. The van der Waals surface area contributed by atoms with Crippen molar-refractivity contribution in [2.75, 3.05) is 39.1 Å². The molecule has 0 bridgehead atoms. The van der Waals surface area contributed by atoms with Crippen LogP contribution in [0, 0.1) is 5.92 Å². The number of aliphatic imine (C=N–C) groups is 1. The van der Waals surface area contributed by atoms with Gasteiger partial charge in [0.25, 0.3) is 0 Å². The number of benzene rings is 1. The highest BCUT2D eigenvalue weighted by Crippen LogP contribution is 2.22. The normalized spacial score (nSPS) is 15.1. The average molecular weight is 493 g/mol. The average Bonchev–Trinajstić information content (AvgIpc) is 2.70. The zero-order chi connectivity index (χ0) is 19.1. The molecule has 3 rings (SSSR count). The van der Waals surface area contributed by atoms with Crippen LogP contribution in [0.25, 0.3) is 0 Å². The Balaban J connectivity index is 0.00000280. The van der Waals surface area contributed by atoms with Crippen molar-refractivity contribution in [3.05, 3.63) is 59.8 Å². The highest BCUT2D eigenvalue weighted by molar-refractivity contribution is 14.0. The van der Waals surface area contributed by atoms with E-state index in [0.29, 0.717) is 0 Å². The van der Waals surface area contributed by atoms with Crippen molar-refractivity contribution in [1.29, 1.82) is 0 Å². The number of hydrogen-bond acceptors (Lipinski definition) is 3. The van der Waals surface area contributed by atoms with Crippen LogP contribution < -0.4 is 10.2 Å². The Hall–Kier alpha value is -1.83. The Morgan fingerprint density at radius 1 is 1.14 bits per heavy atom. The molecule has 0 saturated carbocycles. The van der Waals surface area contributed by atoms with Gasteiger partial charge in [-0.1, -0.05) is 36.4 Å². The summed E-state index contributed by atoms with van der Waals surface area (Å²) in [6, 6.07) is 14.9. The van der Waals surface area contributed by atoms with Crippen LogP contribution in [-0.2, 0) is 13.0 Å². The fourth-order valence-corrected chi connectivity index (χ4v) is 3.77. The Bertz CT molecular complexity index is 740. The van der Waals surface area contributed by atoms with Gasteiger partial charge in [-0.15, -0.1) is 24.0 Å². The van der Waals surface area contributed by atoms with Crippen molar-refractivity contribution in [1.82, 2.24) is 15.2 Å². The third-order valence-corrected chi connectivity index (χ3v) is 5.22. The number of halogens is 1. The maximum Gasteiger partial charge on any atom is 0.193 e. The van der Waals surface area contributed by atoms with Crippen LogP contribution in [0.1, 0.15) is 24.0 Å². The van der Waals surface area contributed by atoms with Gasteiger partial charge in [-0.25, -0.2) is 4.98 Å². The Kier molecular flexibility index (Phi) is 9.02. The van der Waals surface area contributed by atoms with Crippen LogP contribution in [0.4, 0.5) is 5.82 Å². The van der Waals surface area contributed by atoms with Crippen molar-refractivity contribution in [2.45, 2.75) is 25.8 Å². The predicted octanol–water partition coefficient (Wildman–Crippen LogP) is 3.80. The van der Waals surface area contributed by atoms with Gasteiger partial charge in [-0.3, -0.25) is 4.99 Å². The number of rotatable bonds is 5. The van der Waals surface area contributed by atoms with Crippen molar-refractivity contribution < 1.29 is 0 Å². The molecule has 1 aliphatic heterocycles. The molecule has 2 aromatic rings. The summed E-state index contributed by atoms with van der Waals surface area (Å²) in [4.78, 5) is 13.4. The fourth-order valence-electron chi connectivity index (χ4n) is 3.77. The van der Waals surface area contributed by atoms with E-state index in [4.69, 9.17) is 0 Å². The van der Waals surface area contributed by atoms with Gasteiger partial charge in [-0.05, 0) is 36.8 Å². The SMILES string of the molecule is CN=C(NCc1cccnc1N(C)C)N1CCC(Cc2ccccc2)CC1.I. The van der Waals surface area contributed by atoms with Crippen molar-refractivity contribution >= 4 is 35.8 Å². The minimum Gasteiger partial charge on any atom is -0.362 e. The number of hydrogen-bond donors (Lipinski definition) is 1. The molecule has 0 radical (unpaired) electrons. The number of anilines is 1. The molecule has 1 N–H and O–H groups in total. The smallest absolute Gasteiger partial charge is 0.193 e. The van der Waals surface area contributed by atoms with E-state index >= 15 is 0 Å². The first-order chi connectivity index (χ1) is 13.2. The van der Waals surface area contributed by atoms with Crippen LogP contribution in [0.2, 0.25) is 0 Å². The van der Waals surface area contributed by atoms with Gasteiger partial charge in [0.1, 0.15) is 5.82 Å². The third-order valence-electron chi connectivity index (χ3n) is 5.22. The van der Waals surface area contributed by atoms with Crippen LogP contribution in [0.15, 0.2) is 53.7 Å². The van der Waals surface area contributed by atoms with E-state index < -0.39 is 0 Å². The van der Waals surface area contributed by atoms with Gasteiger partial charge >= 0.3 is 0 Å². The van der Waals surface area contributed by atoms with E-state index in [1.165, 1.54) is 30.4 Å². The zero-order valence-corrected chi connectivity index (χ0v) is 19.5. The minimum atomic E-state index is 0. The molecular formula is C22H32IN5. The molecule has 1 fully saturated rings. The van der Waals surface area contributed by atoms with E-state index in [9.17, 15) is 0 Å². The Morgan fingerprint density at radius 3 is 2.50 bits per heavy atom. The largest absolute Gasteiger partial charge is 0.362 e. The summed E-state index contributed by atoms with van der Waals surface area (Å²) in [6.07, 6.45) is 5.45. The first-order valence-electron chi connectivity index (χ1n) is 9.78. The number of piperidine rings is 1. The number of guanidine groups is 1. The first-order valence-corrected chi connectivity index (χ1v) is 9.78. The highest BCUT2D eigenvalue weighted by Gasteiger charge is 2.21. The van der Waals surface area contributed by atoms with Crippen molar-refractivity contribution in [3.8, 4) is 0 Å². The molecule has 0 unspecified atom stereocenters. The monoisotopic (exact) mass is 493 g/mol. The molecule has 6 heteroatoms. The lowest BCUT2D eigenvalue weighted by Crippen LogP contribution is -2.45. The molecule has 0 aliphatic carbocycles. The van der Waals surface area contributed by atoms with Crippen LogP contribution >= 0.6 is 24.0 Å². The van der Waals surface area contributed by atoms with Crippen molar-refractivity contribution in [3.63, 3.8) is 0 Å². The van der Waals surface area contributed by atoms with E-state index in [1.807, 2.05) is 33.4 Å². The Labute approximate surface area is 186 Å².